The van der Waals surface area contributed by atoms with Gasteiger partial charge < -0.3 is 15.1 Å². The van der Waals surface area contributed by atoms with Gasteiger partial charge in [0.15, 0.2) is 5.82 Å². The van der Waals surface area contributed by atoms with Gasteiger partial charge in [-0.05, 0) is 61.7 Å². The van der Waals surface area contributed by atoms with E-state index in [4.69, 9.17) is 0 Å². The minimum atomic E-state index is 0.0176. The first-order valence-electron chi connectivity index (χ1n) is 10.7. The summed E-state index contributed by atoms with van der Waals surface area (Å²) in [6, 6.07) is 20.2. The lowest BCUT2D eigenvalue weighted by Crippen LogP contribution is -2.38. The molecule has 1 aliphatic heterocycles. The monoisotopic (exact) mass is 415 g/mol. The van der Waals surface area contributed by atoms with Gasteiger partial charge in [0.05, 0.1) is 5.69 Å². The zero-order valence-electron chi connectivity index (χ0n) is 18.4. The van der Waals surface area contributed by atoms with Gasteiger partial charge in [-0.25, -0.2) is 0 Å². The quantitative estimate of drug-likeness (QED) is 0.670. The third-order valence-corrected chi connectivity index (χ3v) is 5.91. The van der Waals surface area contributed by atoms with Crippen LogP contribution in [-0.2, 0) is 4.79 Å². The number of amides is 1. The first-order chi connectivity index (χ1) is 15.0. The van der Waals surface area contributed by atoms with Crippen molar-refractivity contribution in [2.45, 2.75) is 19.8 Å². The van der Waals surface area contributed by atoms with E-state index < -0.39 is 0 Å². The van der Waals surface area contributed by atoms with Gasteiger partial charge in [-0.1, -0.05) is 24.3 Å². The zero-order valence-corrected chi connectivity index (χ0v) is 18.4. The fraction of sp³-hybridized carbons (Fsp3) is 0.320. The summed E-state index contributed by atoms with van der Waals surface area (Å²) in [5.74, 6) is 0.984. The van der Waals surface area contributed by atoms with Crippen molar-refractivity contribution >= 4 is 23.1 Å². The summed E-state index contributed by atoms with van der Waals surface area (Å²) >= 11 is 0. The smallest absolute Gasteiger partial charge is 0.227 e. The molecule has 0 spiro atoms. The lowest BCUT2D eigenvalue weighted by atomic mass is 9.95. The van der Waals surface area contributed by atoms with Gasteiger partial charge in [-0.2, -0.15) is 0 Å². The van der Waals surface area contributed by atoms with Crippen LogP contribution in [0.3, 0.4) is 0 Å². The second-order valence-corrected chi connectivity index (χ2v) is 8.28. The van der Waals surface area contributed by atoms with Gasteiger partial charge >= 0.3 is 0 Å². The van der Waals surface area contributed by atoms with E-state index in [1.165, 1.54) is 5.56 Å². The highest BCUT2D eigenvalue weighted by Crippen LogP contribution is 2.26. The summed E-state index contributed by atoms with van der Waals surface area (Å²) < 4.78 is 0. The molecule has 1 aliphatic rings. The topological polar surface area (TPSA) is 61.4 Å². The highest BCUT2D eigenvalue weighted by molar-refractivity contribution is 5.92. The molecule has 0 unspecified atom stereocenters. The van der Waals surface area contributed by atoms with E-state index in [1.807, 2.05) is 67.5 Å². The van der Waals surface area contributed by atoms with Crippen LogP contribution < -0.4 is 15.1 Å². The molecule has 0 aliphatic carbocycles. The van der Waals surface area contributed by atoms with Gasteiger partial charge in [0.2, 0.25) is 5.91 Å². The Bertz CT molecular complexity index is 1020. The third kappa shape index (κ3) is 4.85. The second kappa shape index (κ2) is 9.16. The molecule has 160 valence electrons. The van der Waals surface area contributed by atoms with Crippen molar-refractivity contribution in [3.05, 3.63) is 66.2 Å². The summed E-state index contributed by atoms with van der Waals surface area (Å²) in [5.41, 5.74) is 5.14. The molecule has 3 aromatic rings. The highest BCUT2D eigenvalue weighted by atomic mass is 16.1. The Morgan fingerprint density at radius 1 is 0.968 bits per heavy atom. The van der Waals surface area contributed by atoms with Crippen molar-refractivity contribution in [1.29, 1.82) is 0 Å². The number of aromatic nitrogens is 2. The molecule has 0 bridgehead atoms. The Morgan fingerprint density at radius 3 is 2.29 bits per heavy atom. The molecule has 6 heteroatoms. The molecule has 1 N–H and O–H groups in total. The number of carbonyl (C=O) groups excluding carboxylic acids is 1. The maximum absolute atomic E-state index is 12.7. The number of hydrogen-bond acceptors (Lipinski definition) is 5. The molecule has 1 fully saturated rings. The van der Waals surface area contributed by atoms with E-state index >= 15 is 0 Å². The van der Waals surface area contributed by atoms with Crippen LogP contribution in [-0.4, -0.2) is 43.3 Å². The van der Waals surface area contributed by atoms with Gasteiger partial charge in [-0.15, -0.1) is 10.2 Å². The fourth-order valence-electron chi connectivity index (χ4n) is 3.96. The standard InChI is InChI=1S/C25H29N5O/c1-18-6-4-5-7-22(18)23-12-13-24(28-27-23)30-16-14-19(15-17-30)25(31)26-20-8-10-21(11-9-20)29(2)3/h4-13,19H,14-17H2,1-3H3,(H,26,31). The summed E-state index contributed by atoms with van der Waals surface area (Å²) in [6.45, 7) is 3.68. The lowest BCUT2D eigenvalue weighted by molar-refractivity contribution is -0.120. The zero-order chi connectivity index (χ0) is 21.8. The van der Waals surface area contributed by atoms with Crippen LogP contribution in [0.15, 0.2) is 60.7 Å². The largest absolute Gasteiger partial charge is 0.378 e. The number of aryl methyl sites for hydroxylation is 1. The van der Waals surface area contributed by atoms with E-state index in [0.717, 1.165) is 54.4 Å². The minimum absolute atomic E-state index is 0.0176. The molecular weight excluding hydrogens is 386 g/mol. The average Bonchev–Trinajstić information content (AvgIpc) is 2.80. The van der Waals surface area contributed by atoms with E-state index in [2.05, 4.69) is 39.5 Å². The summed E-state index contributed by atoms with van der Waals surface area (Å²) in [4.78, 5) is 16.9. The van der Waals surface area contributed by atoms with Crippen LogP contribution in [0.2, 0.25) is 0 Å². The molecule has 0 radical (unpaired) electrons. The van der Waals surface area contributed by atoms with Gasteiger partial charge in [0, 0.05) is 50.0 Å². The van der Waals surface area contributed by atoms with Gasteiger partial charge in [0.1, 0.15) is 0 Å². The Kier molecular flexibility index (Phi) is 6.16. The van der Waals surface area contributed by atoms with Crippen LogP contribution in [0.4, 0.5) is 17.2 Å². The number of anilines is 3. The van der Waals surface area contributed by atoms with Crippen LogP contribution in [0.1, 0.15) is 18.4 Å². The van der Waals surface area contributed by atoms with Crippen molar-refractivity contribution in [3.63, 3.8) is 0 Å². The van der Waals surface area contributed by atoms with Crippen LogP contribution in [0.25, 0.3) is 11.3 Å². The number of hydrogen-bond donors (Lipinski definition) is 1. The van der Waals surface area contributed by atoms with Crippen molar-refractivity contribution in [2.75, 3.05) is 42.3 Å². The molecule has 2 aromatic carbocycles. The Labute approximate surface area is 183 Å². The Hall–Kier alpha value is -3.41. The SMILES string of the molecule is Cc1ccccc1-c1ccc(N2CCC(C(=O)Nc3ccc(N(C)C)cc3)CC2)nn1. The van der Waals surface area contributed by atoms with Crippen LogP contribution in [0.5, 0.6) is 0 Å². The maximum atomic E-state index is 12.7. The van der Waals surface area contributed by atoms with E-state index in [9.17, 15) is 4.79 Å². The Balaban J connectivity index is 1.33. The van der Waals surface area contributed by atoms with Crippen molar-refractivity contribution in [3.8, 4) is 11.3 Å². The number of piperidine rings is 1. The number of carbonyl (C=O) groups is 1. The molecule has 1 saturated heterocycles. The van der Waals surface area contributed by atoms with Crippen LogP contribution >= 0.6 is 0 Å². The number of nitrogens with one attached hydrogen (secondary N) is 1. The number of rotatable bonds is 5. The van der Waals surface area contributed by atoms with Gasteiger partial charge in [0.25, 0.3) is 0 Å². The first-order valence-corrected chi connectivity index (χ1v) is 10.7. The Morgan fingerprint density at radius 2 is 1.68 bits per heavy atom. The summed E-state index contributed by atoms with van der Waals surface area (Å²) in [6.07, 6.45) is 1.62. The molecule has 6 nitrogen and oxygen atoms in total. The third-order valence-electron chi connectivity index (χ3n) is 5.91. The molecule has 1 aromatic heterocycles. The van der Waals surface area contributed by atoms with Crippen molar-refractivity contribution in [2.24, 2.45) is 5.92 Å². The second-order valence-electron chi connectivity index (χ2n) is 8.28. The summed E-state index contributed by atoms with van der Waals surface area (Å²) in [7, 11) is 4.00. The molecule has 31 heavy (non-hydrogen) atoms. The maximum Gasteiger partial charge on any atom is 0.227 e. The molecule has 1 amide bonds. The van der Waals surface area contributed by atoms with E-state index in [-0.39, 0.29) is 11.8 Å². The number of nitrogens with zero attached hydrogens (tertiary/aromatic N) is 4. The molecule has 0 atom stereocenters. The average molecular weight is 416 g/mol. The molecule has 0 saturated carbocycles. The normalized spacial score (nSPS) is 14.4. The summed E-state index contributed by atoms with van der Waals surface area (Å²) in [5, 5.41) is 12.0. The van der Waals surface area contributed by atoms with E-state index in [0.29, 0.717) is 0 Å². The number of benzene rings is 2. The predicted molar refractivity (Wildman–Crippen MR) is 127 cm³/mol. The predicted octanol–water partition coefficient (Wildman–Crippen LogP) is 4.37. The van der Waals surface area contributed by atoms with E-state index in [1.54, 1.807) is 0 Å². The van der Waals surface area contributed by atoms with Crippen molar-refractivity contribution in [1.82, 2.24) is 10.2 Å². The fourth-order valence-corrected chi connectivity index (χ4v) is 3.96. The first kappa shape index (κ1) is 20.8. The lowest BCUT2D eigenvalue weighted by Gasteiger charge is -2.31. The molecule has 4 rings (SSSR count). The van der Waals surface area contributed by atoms with Gasteiger partial charge in [-0.3, -0.25) is 4.79 Å². The van der Waals surface area contributed by atoms with Crippen molar-refractivity contribution < 1.29 is 4.79 Å². The molecule has 2 heterocycles. The minimum Gasteiger partial charge on any atom is -0.378 e. The van der Waals surface area contributed by atoms with Crippen LogP contribution in [0, 0.1) is 12.8 Å². The highest BCUT2D eigenvalue weighted by Gasteiger charge is 2.26. The molecular formula is C25H29N5O.